The molecule has 0 saturated heterocycles. The Morgan fingerprint density at radius 2 is 2.14 bits per heavy atom. The quantitative estimate of drug-likeness (QED) is 0.873. The summed E-state index contributed by atoms with van der Waals surface area (Å²) in [6.45, 7) is 1.61. The number of nitrogens with zero attached hydrogens (tertiary/aromatic N) is 1. The maximum Gasteiger partial charge on any atom is 0.308 e. The Morgan fingerprint density at radius 1 is 1.48 bits per heavy atom. The van der Waals surface area contributed by atoms with Gasteiger partial charge in [-0.25, -0.2) is 4.39 Å². The summed E-state index contributed by atoms with van der Waals surface area (Å²) in [5.41, 5.74) is -0.0844. The van der Waals surface area contributed by atoms with Crippen LogP contribution in [0.3, 0.4) is 0 Å². The molecule has 1 atom stereocenters. The number of amides is 1. The molecule has 2 rings (SSSR count). The minimum atomic E-state index is -0.973. The Labute approximate surface area is 122 Å². The third kappa shape index (κ3) is 3.32. The lowest BCUT2D eigenvalue weighted by molar-refractivity contribution is -0.141. The van der Waals surface area contributed by atoms with Crippen LogP contribution in [0.5, 0.6) is 5.75 Å². The van der Waals surface area contributed by atoms with Gasteiger partial charge < -0.3 is 14.7 Å². The van der Waals surface area contributed by atoms with Crippen molar-refractivity contribution >= 4 is 11.9 Å². The van der Waals surface area contributed by atoms with Gasteiger partial charge in [-0.2, -0.15) is 0 Å². The summed E-state index contributed by atoms with van der Waals surface area (Å²) in [5, 5.41) is 8.99. The minimum absolute atomic E-state index is 0.00267. The molecule has 0 heterocycles. The van der Waals surface area contributed by atoms with E-state index >= 15 is 0 Å². The average molecular weight is 295 g/mol. The lowest BCUT2D eigenvalue weighted by atomic mass is 10.1. The van der Waals surface area contributed by atoms with Crippen molar-refractivity contribution in [1.29, 1.82) is 0 Å². The molecule has 1 saturated carbocycles. The first-order valence-electron chi connectivity index (χ1n) is 6.82. The van der Waals surface area contributed by atoms with Gasteiger partial charge in [-0.15, -0.1) is 0 Å². The zero-order valence-electron chi connectivity index (χ0n) is 12.0. The van der Waals surface area contributed by atoms with E-state index in [1.807, 2.05) is 0 Å². The van der Waals surface area contributed by atoms with Crippen LogP contribution in [0.15, 0.2) is 18.2 Å². The number of hydrogen-bond acceptors (Lipinski definition) is 3. The Balaban J connectivity index is 2.25. The molecule has 0 aromatic heterocycles. The maximum absolute atomic E-state index is 14.2. The van der Waals surface area contributed by atoms with Crippen molar-refractivity contribution in [2.24, 2.45) is 5.92 Å². The molecular weight excluding hydrogens is 277 g/mol. The van der Waals surface area contributed by atoms with Gasteiger partial charge in [-0.3, -0.25) is 9.59 Å². The van der Waals surface area contributed by atoms with Crippen molar-refractivity contribution < 1.29 is 23.8 Å². The third-order valence-corrected chi connectivity index (χ3v) is 3.55. The van der Waals surface area contributed by atoms with Gasteiger partial charge in [0.05, 0.1) is 18.6 Å². The molecule has 6 heteroatoms. The van der Waals surface area contributed by atoms with Crippen LogP contribution < -0.4 is 4.74 Å². The molecule has 0 spiro atoms. The number of carbonyl (C=O) groups excluding carboxylic acids is 1. The van der Waals surface area contributed by atoms with Gasteiger partial charge in [0.25, 0.3) is 5.91 Å². The van der Waals surface area contributed by atoms with Crippen LogP contribution in [0.2, 0.25) is 0 Å². The van der Waals surface area contributed by atoms with Crippen molar-refractivity contribution in [3.63, 3.8) is 0 Å². The van der Waals surface area contributed by atoms with Gasteiger partial charge in [0.1, 0.15) is 0 Å². The fraction of sp³-hybridized carbons (Fsp3) is 0.467. The summed E-state index contributed by atoms with van der Waals surface area (Å²) in [5.74, 6) is -2.86. The Hall–Kier alpha value is -2.11. The van der Waals surface area contributed by atoms with Gasteiger partial charge in [0.2, 0.25) is 0 Å². The lowest BCUT2D eigenvalue weighted by Gasteiger charge is -2.24. The number of aliphatic carboxylic acids is 1. The second kappa shape index (κ2) is 6.11. The SMILES string of the molecule is COc1cccc(C(=O)N(CC(C)C(=O)O)C2CC2)c1F. The normalized spacial score (nSPS) is 15.4. The number of methoxy groups -OCH3 is 1. The molecule has 0 bridgehead atoms. The zero-order chi connectivity index (χ0) is 15.6. The number of ether oxygens (including phenoxy) is 1. The van der Waals surface area contributed by atoms with Crippen LogP contribution in [-0.2, 0) is 4.79 Å². The first-order chi connectivity index (χ1) is 9.95. The summed E-state index contributed by atoms with van der Waals surface area (Å²) in [4.78, 5) is 24.9. The van der Waals surface area contributed by atoms with E-state index in [1.54, 1.807) is 6.07 Å². The van der Waals surface area contributed by atoms with Crippen molar-refractivity contribution in [2.75, 3.05) is 13.7 Å². The highest BCUT2D eigenvalue weighted by molar-refractivity contribution is 5.95. The summed E-state index contributed by atoms with van der Waals surface area (Å²) in [6.07, 6.45) is 1.65. The fourth-order valence-corrected chi connectivity index (χ4v) is 2.15. The summed E-state index contributed by atoms with van der Waals surface area (Å²) in [6, 6.07) is 4.37. The molecule has 1 unspecified atom stereocenters. The number of hydrogen-bond donors (Lipinski definition) is 1. The number of carboxylic acid groups (broad SMARTS) is 1. The molecule has 1 aliphatic rings. The Morgan fingerprint density at radius 3 is 2.67 bits per heavy atom. The highest BCUT2D eigenvalue weighted by atomic mass is 19.1. The Bertz CT molecular complexity index is 557. The van der Waals surface area contributed by atoms with Crippen molar-refractivity contribution in [1.82, 2.24) is 4.90 Å². The van der Waals surface area contributed by atoms with Crippen LogP contribution in [0.1, 0.15) is 30.1 Å². The van der Waals surface area contributed by atoms with Crippen LogP contribution >= 0.6 is 0 Å². The molecule has 1 aromatic rings. The first-order valence-corrected chi connectivity index (χ1v) is 6.82. The minimum Gasteiger partial charge on any atom is -0.494 e. The number of rotatable bonds is 6. The van der Waals surface area contributed by atoms with E-state index in [1.165, 1.54) is 31.1 Å². The van der Waals surface area contributed by atoms with Gasteiger partial charge >= 0.3 is 5.97 Å². The van der Waals surface area contributed by atoms with E-state index in [4.69, 9.17) is 9.84 Å². The van der Waals surface area contributed by atoms with Crippen LogP contribution in [0.4, 0.5) is 4.39 Å². The molecule has 5 nitrogen and oxygen atoms in total. The summed E-state index contributed by atoms with van der Waals surface area (Å²) >= 11 is 0. The Kier molecular flexibility index (Phi) is 4.45. The molecule has 1 N–H and O–H groups in total. The van der Waals surface area contributed by atoms with Gasteiger partial charge in [-0.05, 0) is 25.0 Å². The van der Waals surface area contributed by atoms with Crippen LogP contribution in [0, 0.1) is 11.7 Å². The second-order valence-corrected chi connectivity index (χ2v) is 5.25. The van der Waals surface area contributed by atoms with E-state index < -0.39 is 23.6 Å². The molecule has 1 aromatic carbocycles. The van der Waals surface area contributed by atoms with Crippen LogP contribution in [-0.4, -0.2) is 41.6 Å². The molecule has 0 aliphatic heterocycles. The van der Waals surface area contributed by atoms with Crippen molar-refractivity contribution in [3.05, 3.63) is 29.6 Å². The van der Waals surface area contributed by atoms with Crippen molar-refractivity contribution in [2.45, 2.75) is 25.8 Å². The fourth-order valence-electron chi connectivity index (χ4n) is 2.15. The number of carbonyl (C=O) groups is 2. The molecule has 21 heavy (non-hydrogen) atoms. The monoisotopic (exact) mass is 295 g/mol. The van der Waals surface area contributed by atoms with Gasteiger partial charge in [-0.1, -0.05) is 13.0 Å². The lowest BCUT2D eigenvalue weighted by Crippen LogP contribution is -2.39. The van der Waals surface area contributed by atoms with E-state index in [9.17, 15) is 14.0 Å². The predicted molar refractivity (Wildman–Crippen MR) is 73.8 cm³/mol. The molecule has 114 valence electrons. The largest absolute Gasteiger partial charge is 0.494 e. The molecular formula is C15H18FNO4. The average Bonchev–Trinajstić information content (AvgIpc) is 3.28. The summed E-state index contributed by atoms with van der Waals surface area (Å²) in [7, 11) is 1.33. The van der Waals surface area contributed by atoms with Crippen LogP contribution in [0.25, 0.3) is 0 Å². The zero-order valence-corrected chi connectivity index (χ0v) is 12.0. The predicted octanol–water partition coefficient (Wildman–Crippen LogP) is 2.16. The molecule has 1 aliphatic carbocycles. The standard InChI is InChI=1S/C15H18FNO4/c1-9(15(19)20)8-17(10-6-7-10)14(18)11-4-3-5-12(21-2)13(11)16/h3-5,9-10H,6-8H2,1-2H3,(H,19,20). The van der Waals surface area contributed by atoms with Crippen molar-refractivity contribution in [3.8, 4) is 5.75 Å². The molecule has 1 amide bonds. The second-order valence-electron chi connectivity index (χ2n) is 5.25. The van der Waals surface area contributed by atoms with E-state index in [0.29, 0.717) is 0 Å². The van der Waals surface area contributed by atoms with E-state index in [0.717, 1.165) is 12.8 Å². The smallest absolute Gasteiger partial charge is 0.308 e. The maximum atomic E-state index is 14.2. The third-order valence-electron chi connectivity index (χ3n) is 3.55. The number of halogens is 1. The highest BCUT2D eigenvalue weighted by Crippen LogP contribution is 2.30. The van der Waals surface area contributed by atoms with Gasteiger partial charge in [0.15, 0.2) is 11.6 Å². The summed E-state index contributed by atoms with van der Waals surface area (Å²) < 4.78 is 19.0. The van der Waals surface area contributed by atoms with E-state index in [2.05, 4.69) is 0 Å². The highest BCUT2D eigenvalue weighted by Gasteiger charge is 2.36. The van der Waals surface area contributed by atoms with E-state index in [-0.39, 0.29) is 23.9 Å². The first kappa shape index (κ1) is 15.3. The molecule has 1 fully saturated rings. The number of carboxylic acids is 1. The van der Waals surface area contributed by atoms with Gasteiger partial charge in [0, 0.05) is 12.6 Å². The molecule has 0 radical (unpaired) electrons. The topological polar surface area (TPSA) is 66.8 Å². The number of benzene rings is 1.